The molecule has 0 aromatic heterocycles. The Morgan fingerprint density at radius 2 is 2.12 bits per heavy atom. The molecule has 1 heterocycles. The van der Waals surface area contributed by atoms with E-state index in [4.69, 9.17) is 0 Å². The third-order valence-electron chi connectivity index (χ3n) is 2.60. The molecule has 1 aromatic carbocycles. The normalized spacial score (nSPS) is 24.1. The van der Waals surface area contributed by atoms with Crippen LogP contribution in [0.15, 0.2) is 36.4 Å². The minimum absolute atomic E-state index is 0.118. The molecule has 1 fully saturated rings. The Morgan fingerprint density at radius 3 is 2.76 bits per heavy atom. The molecular weight excluding hydrogens is 234 g/mol. The molecule has 1 saturated heterocycles. The third kappa shape index (κ3) is 3.61. The molecule has 0 radical (unpaired) electrons. The molecule has 2 atom stereocenters. The average Bonchev–Trinajstić information content (AvgIpc) is 2.74. The fourth-order valence-electron chi connectivity index (χ4n) is 1.65. The molecular formula is C13H15NO2S. The van der Waals surface area contributed by atoms with Crippen LogP contribution < -0.4 is 5.32 Å². The molecule has 0 saturated carbocycles. The van der Waals surface area contributed by atoms with E-state index < -0.39 is 6.10 Å². The largest absolute Gasteiger partial charge is 0.390 e. The molecule has 3 nitrogen and oxygen atoms in total. The van der Waals surface area contributed by atoms with Crippen molar-refractivity contribution in [2.24, 2.45) is 0 Å². The number of hydrogen-bond acceptors (Lipinski definition) is 3. The number of amides is 1. The highest BCUT2D eigenvalue weighted by Crippen LogP contribution is 2.17. The van der Waals surface area contributed by atoms with E-state index in [1.165, 1.54) is 6.08 Å². The molecule has 1 amide bonds. The summed E-state index contributed by atoms with van der Waals surface area (Å²) < 4.78 is 0. The van der Waals surface area contributed by atoms with Crippen molar-refractivity contribution in [2.45, 2.75) is 12.1 Å². The second-order valence-corrected chi connectivity index (χ2v) is 5.04. The lowest BCUT2D eigenvalue weighted by Gasteiger charge is -2.13. The summed E-state index contributed by atoms with van der Waals surface area (Å²) in [7, 11) is 0. The third-order valence-corrected chi connectivity index (χ3v) is 3.78. The number of aliphatic hydroxyl groups excluding tert-OH is 1. The minimum Gasteiger partial charge on any atom is -0.390 e. The second-order valence-electron chi connectivity index (χ2n) is 3.96. The van der Waals surface area contributed by atoms with Crippen LogP contribution in [-0.2, 0) is 4.79 Å². The molecule has 4 heteroatoms. The number of aliphatic hydroxyl groups is 1. The van der Waals surface area contributed by atoms with Crippen molar-refractivity contribution in [3.05, 3.63) is 42.0 Å². The number of benzene rings is 1. The van der Waals surface area contributed by atoms with Gasteiger partial charge in [-0.1, -0.05) is 30.3 Å². The van der Waals surface area contributed by atoms with Gasteiger partial charge in [-0.3, -0.25) is 4.79 Å². The summed E-state index contributed by atoms with van der Waals surface area (Å²) in [5.74, 6) is 1.33. The topological polar surface area (TPSA) is 49.3 Å². The SMILES string of the molecule is O=C(/C=C/c1ccccc1)N[C@H]1CSC[C@@H]1O. The van der Waals surface area contributed by atoms with Crippen molar-refractivity contribution in [3.63, 3.8) is 0 Å². The van der Waals surface area contributed by atoms with E-state index in [9.17, 15) is 9.90 Å². The van der Waals surface area contributed by atoms with E-state index in [-0.39, 0.29) is 11.9 Å². The Morgan fingerprint density at radius 1 is 1.35 bits per heavy atom. The Hall–Kier alpha value is -1.26. The van der Waals surface area contributed by atoms with Gasteiger partial charge in [0.25, 0.3) is 0 Å². The predicted octanol–water partition coefficient (Wildman–Crippen LogP) is 1.29. The molecule has 90 valence electrons. The molecule has 1 aromatic rings. The molecule has 0 bridgehead atoms. The van der Waals surface area contributed by atoms with Crippen molar-refractivity contribution in [2.75, 3.05) is 11.5 Å². The molecule has 2 rings (SSSR count). The Labute approximate surface area is 105 Å². The summed E-state index contributed by atoms with van der Waals surface area (Å²) in [5, 5.41) is 12.4. The summed E-state index contributed by atoms with van der Waals surface area (Å²) in [6, 6.07) is 9.54. The number of hydrogen-bond donors (Lipinski definition) is 2. The summed E-state index contributed by atoms with van der Waals surface area (Å²) in [5.41, 5.74) is 0.990. The Kier molecular flexibility index (Phi) is 4.23. The monoisotopic (exact) mass is 249 g/mol. The zero-order chi connectivity index (χ0) is 12.1. The van der Waals surface area contributed by atoms with Gasteiger partial charge in [-0.05, 0) is 11.6 Å². The van der Waals surface area contributed by atoms with E-state index in [0.717, 1.165) is 11.3 Å². The summed E-state index contributed by atoms with van der Waals surface area (Å²) in [6.07, 6.45) is 2.85. The van der Waals surface area contributed by atoms with Gasteiger partial charge in [0.1, 0.15) is 0 Å². The van der Waals surface area contributed by atoms with Crippen LogP contribution in [0.1, 0.15) is 5.56 Å². The van der Waals surface area contributed by atoms with E-state index in [1.54, 1.807) is 17.8 Å². The lowest BCUT2D eigenvalue weighted by atomic mass is 10.2. The first-order chi connectivity index (χ1) is 8.25. The van der Waals surface area contributed by atoms with Gasteiger partial charge >= 0.3 is 0 Å². The van der Waals surface area contributed by atoms with Gasteiger partial charge in [0.15, 0.2) is 0 Å². The van der Waals surface area contributed by atoms with Crippen LogP contribution in [0, 0.1) is 0 Å². The fourth-order valence-corrected chi connectivity index (χ4v) is 2.82. The Balaban J connectivity index is 1.87. The number of rotatable bonds is 3. The van der Waals surface area contributed by atoms with Crippen molar-refractivity contribution < 1.29 is 9.90 Å². The highest BCUT2D eigenvalue weighted by Gasteiger charge is 2.26. The van der Waals surface area contributed by atoms with Crippen LogP contribution in [0.3, 0.4) is 0 Å². The van der Waals surface area contributed by atoms with Gasteiger partial charge in [-0.25, -0.2) is 0 Å². The first-order valence-electron chi connectivity index (χ1n) is 5.55. The maximum atomic E-state index is 11.6. The van der Waals surface area contributed by atoms with Crippen LogP contribution in [0.4, 0.5) is 0 Å². The standard InChI is InChI=1S/C13H15NO2S/c15-12-9-17-8-11(12)14-13(16)7-6-10-4-2-1-3-5-10/h1-7,11-12,15H,8-9H2,(H,14,16)/b7-6+/t11-,12-/m0/s1. The summed E-state index contributed by atoms with van der Waals surface area (Å²) >= 11 is 1.66. The zero-order valence-electron chi connectivity index (χ0n) is 9.37. The van der Waals surface area contributed by atoms with E-state index in [1.807, 2.05) is 30.3 Å². The Bertz CT molecular complexity index is 405. The van der Waals surface area contributed by atoms with Crippen LogP contribution in [-0.4, -0.2) is 34.7 Å². The molecule has 1 aliphatic rings. The fraction of sp³-hybridized carbons (Fsp3) is 0.308. The highest BCUT2D eigenvalue weighted by molar-refractivity contribution is 7.99. The first-order valence-corrected chi connectivity index (χ1v) is 6.70. The lowest BCUT2D eigenvalue weighted by molar-refractivity contribution is -0.117. The quantitative estimate of drug-likeness (QED) is 0.794. The van der Waals surface area contributed by atoms with Gasteiger partial charge in [0.2, 0.25) is 5.91 Å². The van der Waals surface area contributed by atoms with Crippen LogP contribution in [0.5, 0.6) is 0 Å². The summed E-state index contributed by atoms with van der Waals surface area (Å²) in [4.78, 5) is 11.6. The van der Waals surface area contributed by atoms with Gasteiger partial charge < -0.3 is 10.4 Å². The van der Waals surface area contributed by atoms with Crippen molar-refractivity contribution >= 4 is 23.7 Å². The van der Waals surface area contributed by atoms with Gasteiger partial charge in [0, 0.05) is 17.6 Å². The maximum absolute atomic E-state index is 11.6. The number of nitrogens with one attached hydrogen (secondary N) is 1. The molecule has 0 unspecified atom stereocenters. The number of carbonyl (C=O) groups is 1. The smallest absolute Gasteiger partial charge is 0.244 e. The highest BCUT2D eigenvalue weighted by atomic mass is 32.2. The van der Waals surface area contributed by atoms with E-state index >= 15 is 0 Å². The lowest BCUT2D eigenvalue weighted by Crippen LogP contribution is -2.41. The van der Waals surface area contributed by atoms with Crippen LogP contribution in [0.2, 0.25) is 0 Å². The minimum atomic E-state index is -0.422. The van der Waals surface area contributed by atoms with Crippen LogP contribution >= 0.6 is 11.8 Å². The zero-order valence-corrected chi connectivity index (χ0v) is 10.2. The van der Waals surface area contributed by atoms with Crippen molar-refractivity contribution in [3.8, 4) is 0 Å². The molecule has 0 spiro atoms. The number of carbonyl (C=O) groups excluding carboxylic acids is 1. The van der Waals surface area contributed by atoms with Gasteiger partial charge in [-0.15, -0.1) is 0 Å². The van der Waals surface area contributed by atoms with Gasteiger partial charge in [-0.2, -0.15) is 11.8 Å². The predicted molar refractivity (Wildman–Crippen MR) is 70.7 cm³/mol. The van der Waals surface area contributed by atoms with E-state index in [0.29, 0.717) is 5.75 Å². The van der Waals surface area contributed by atoms with Crippen LogP contribution in [0.25, 0.3) is 6.08 Å². The molecule has 0 aliphatic carbocycles. The summed E-state index contributed by atoms with van der Waals surface area (Å²) in [6.45, 7) is 0. The average molecular weight is 249 g/mol. The first kappa shape index (κ1) is 12.2. The van der Waals surface area contributed by atoms with Crippen molar-refractivity contribution in [1.82, 2.24) is 5.32 Å². The van der Waals surface area contributed by atoms with Gasteiger partial charge in [0.05, 0.1) is 12.1 Å². The van der Waals surface area contributed by atoms with E-state index in [2.05, 4.69) is 5.32 Å². The second kappa shape index (κ2) is 5.89. The molecule has 2 N–H and O–H groups in total. The number of thioether (sulfide) groups is 1. The van der Waals surface area contributed by atoms with Crippen molar-refractivity contribution in [1.29, 1.82) is 0 Å². The maximum Gasteiger partial charge on any atom is 0.244 e. The molecule has 17 heavy (non-hydrogen) atoms. The molecule has 1 aliphatic heterocycles.